The number of anilines is 1. The van der Waals surface area contributed by atoms with Crippen molar-refractivity contribution in [2.24, 2.45) is 0 Å². The molecule has 1 aromatic carbocycles. The molecule has 0 atom stereocenters. The number of carbonyl (C=O) groups is 1. The highest BCUT2D eigenvalue weighted by Gasteiger charge is 2.18. The van der Waals surface area contributed by atoms with Crippen molar-refractivity contribution in [3.63, 3.8) is 0 Å². The van der Waals surface area contributed by atoms with Gasteiger partial charge in [-0.2, -0.15) is 5.10 Å². The number of aryl methyl sites for hydroxylation is 1. The van der Waals surface area contributed by atoms with E-state index in [1.807, 2.05) is 12.1 Å². The molecule has 1 N–H and O–H groups in total. The van der Waals surface area contributed by atoms with Crippen LogP contribution in [0.4, 0.5) is 10.2 Å². The van der Waals surface area contributed by atoms with Crippen molar-refractivity contribution >= 4 is 17.4 Å². The molecule has 4 heterocycles. The van der Waals surface area contributed by atoms with Crippen molar-refractivity contribution in [1.29, 1.82) is 0 Å². The van der Waals surface area contributed by atoms with Crippen LogP contribution in [0.2, 0.25) is 0 Å². The van der Waals surface area contributed by atoms with E-state index in [9.17, 15) is 9.18 Å². The van der Waals surface area contributed by atoms with E-state index in [2.05, 4.69) is 20.4 Å². The van der Waals surface area contributed by atoms with E-state index in [-0.39, 0.29) is 11.7 Å². The van der Waals surface area contributed by atoms with Gasteiger partial charge in [0.25, 0.3) is 5.91 Å². The third-order valence-corrected chi connectivity index (χ3v) is 5.02. The second-order valence-electron chi connectivity index (χ2n) is 7.19. The third kappa shape index (κ3) is 3.58. The van der Waals surface area contributed by atoms with Crippen LogP contribution in [0.3, 0.4) is 0 Å². The number of hydrogen-bond acceptors (Lipinski definition) is 5. The molecule has 0 aliphatic rings. The molecule has 0 bridgehead atoms. The molecule has 0 saturated carbocycles. The molecule has 0 aliphatic carbocycles. The summed E-state index contributed by atoms with van der Waals surface area (Å²) < 4.78 is 15.6. The van der Waals surface area contributed by atoms with E-state index in [0.717, 1.165) is 11.1 Å². The maximum Gasteiger partial charge on any atom is 0.258 e. The number of rotatable bonds is 4. The van der Waals surface area contributed by atoms with Crippen LogP contribution in [-0.4, -0.2) is 30.5 Å². The molecule has 7 nitrogen and oxygen atoms in total. The second kappa shape index (κ2) is 7.99. The van der Waals surface area contributed by atoms with E-state index >= 15 is 0 Å². The summed E-state index contributed by atoms with van der Waals surface area (Å²) in [5.74, 6) is -0.210. The monoisotopic (exact) mass is 424 g/mol. The molecule has 0 radical (unpaired) electrons. The van der Waals surface area contributed by atoms with Crippen LogP contribution in [0.15, 0.2) is 79.4 Å². The number of hydrogen-bond donors (Lipinski definition) is 1. The van der Waals surface area contributed by atoms with Crippen LogP contribution in [-0.2, 0) is 0 Å². The number of benzene rings is 1. The minimum absolute atomic E-state index is 0.276. The lowest BCUT2D eigenvalue weighted by Gasteiger charge is -2.09. The highest BCUT2D eigenvalue weighted by molar-refractivity contribution is 6.03. The Morgan fingerprint density at radius 1 is 1.00 bits per heavy atom. The van der Waals surface area contributed by atoms with Gasteiger partial charge in [-0.1, -0.05) is 0 Å². The first-order valence-electron chi connectivity index (χ1n) is 9.88. The van der Waals surface area contributed by atoms with Gasteiger partial charge >= 0.3 is 0 Å². The van der Waals surface area contributed by atoms with Gasteiger partial charge in [-0.3, -0.25) is 9.78 Å². The fourth-order valence-electron chi connectivity index (χ4n) is 3.47. The predicted molar refractivity (Wildman–Crippen MR) is 119 cm³/mol. The summed E-state index contributed by atoms with van der Waals surface area (Å²) in [5.41, 5.74) is 4.49. The molecular formula is C24H17FN6O. The quantitative estimate of drug-likeness (QED) is 0.457. The van der Waals surface area contributed by atoms with E-state index in [0.29, 0.717) is 34.0 Å². The van der Waals surface area contributed by atoms with Gasteiger partial charge in [0.15, 0.2) is 5.65 Å². The molecule has 5 rings (SSSR count). The third-order valence-electron chi connectivity index (χ3n) is 5.02. The minimum Gasteiger partial charge on any atom is -0.306 e. The number of carbonyl (C=O) groups excluding carboxylic acids is 1. The maximum absolute atomic E-state index is 13.9. The second-order valence-corrected chi connectivity index (χ2v) is 7.19. The molecule has 32 heavy (non-hydrogen) atoms. The molecule has 1 amide bonds. The van der Waals surface area contributed by atoms with Crippen molar-refractivity contribution in [2.75, 3.05) is 5.32 Å². The van der Waals surface area contributed by atoms with E-state index in [4.69, 9.17) is 4.98 Å². The van der Waals surface area contributed by atoms with E-state index < -0.39 is 0 Å². The summed E-state index contributed by atoms with van der Waals surface area (Å²) >= 11 is 0. The highest BCUT2D eigenvalue weighted by Crippen LogP contribution is 2.33. The van der Waals surface area contributed by atoms with Gasteiger partial charge in [0.2, 0.25) is 0 Å². The van der Waals surface area contributed by atoms with Crippen molar-refractivity contribution in [3.8, 4) is 22.5 Å². The normalized spacial score (nSPS) is 10.9. The first-order valence-corrected chi connectivity index (χ1v) is 9.88. The lowest BCUT2D eigenvalue weighted by molar-refractivity contribution is 0.102. The summed E-state index contributed by atoms with van der Waals surface area (Å²) in [6.45, 7) is 1.71. The van der Waals surface area contributed by atoms with E-state index in [1.54, 1.807) is 66.4 Å². The zero-order chi connectivity index (χ0) is 22.1. The largest absolute Gasteiger partial charge is 0.306 e. The van der Waals surface area contributed by atoms with Crippen molar-refractivity contribution in [1.82, 2.24) is 24.6 Å². The topological polar surface area (TPSA) is 85.1 Å². The molecule has 5 aromatic rings. The zero-order valence-corrected chi connectivity index (χ0v) is 17.0. The van der Waals surface area contributed by atoms with Gasteiger partial charge in [0, 0.05) is 35.9 Å². The Hall–Kier alpha value is -4.46. The molecule has 0 saturated heterocycles. The van der Waals surface area contributed by atoms with Gasteiger partial charge in [-0.25, -0.2) is 18.9 Å². The van der Waals surface area contributed by atoms with Crippen molar-refractivity contribution < 1.29 is 9.18 Å². The number of nitrogens with one attached hydrogen (secondary N) is 1. The van der Waals surface area contributed by atoms with Crippen LogP contribution in [0, 0.1) is 12.7 Å². The number of amides is 1. The molecule has 0 unspecified atom stereocenters. The molecular weight excluding hydrogens is 407 g/mol. The lowest BCUT2D eigenvalue weighted by Crippen LogP contribution is -2.13. The summed E-state index contributed by atoms with van der Waals surface area (Å²) in [5, 5.41) is 7.24. The Labute approximate surface area is 182 Å². The summed E-state index contributed by atoms with van der Waals surface area (Å²) in [6, 6.07) is 15.5. The molecule has 0 fully saturated rings. The van der Waals surface area contributed by atoms with Crippen LogP contribution < -0.4 is 5.32 Å². The highest BCUT2D eigenvalue weighted by atomic mass is 19.1. The van der Waals surface area contributed by atoms with Gasteiger partial charge in [-0.05, 0) is 67.1 Å². The number of aromatic nitrogens is 5. The number of nitrogens with zero attached hydrogens (tertiary/aromatic N) is 5. The number of pyridine rings is 2. The SMILES string of the molecule is Cc1cc(-c2nc3cccnn3c2-c2ccnc(NC(=O)c3cccnc3)c2)ccc1F. The van der Waals surface area contributed by atoms with Crippen LogP contribution in [0.25, 0.3) is 28.2 Å². The molecule has 8 heteroatoms. The summed E-state index contributed by atoms with van der Waals surface area (Å²) in [6.07, 6.45) is 6.37. The Bertz CT molecular complexity index is 1450. The zero-order valence-electron chi connectivity index (χ0n) is 17.0. The molecule has 0 spiro atoms. The average Bonchev–Trinajstić information content (AvgIpc) is 3.21. The Morgan fingerprint density at radius 3 is 2.69 bits per heavy atom. The Kier molecular flexibility index (Phi) is 4.87. The standard InChI is InChI=1S/C24H17FN6O/c1-15-12-16(6-7-19(15)25)22-23(31-21(30-22)5-3-10-28-31)17-8-11-27-20(13-17)29-24(32)18-4-2-9-26-14-18/h2-14H,1H3,(H,27,29,32). The number of halogens is 1. The predicted octanol–water partition coefficient (Wildman–Crippen LogP) is 4.55. The first-order chi connectivity index (χ1) is 15.6. The van der Waals surface area contributed by atoms with Crippen molar-refractivity contribution in [3.05, 3.63) is 96.3 Å². The fourth-order valence-corrected chi connectivity index (χ4v) is 3.47. The maximum atomic E-state index is 13.9. The van der Waals surface area contributed by atoms with Crippen LogP contribution in [0.1, 0.15) is 15.9 Å². The number of fused-ring (bicyclic) bond motifs is 1. The smallest absolute Gasteiger partial charge is 0.258 e. The Balaban J connectivity index is 1.61. The van der Waals surface area contributed by atoms with Gasteiger partial charge in [0.1, 0.15) is 17.3 Å². The minimum atomic E-state index is -0.312. The van der Waals surface area contributed by atoms with Crippen LogP contribution >= 0.6 is 0 Å². The fraction of sp³-hybridized carbons (Fsp3) is 0.0417. The Morgan fingerprint density at radius 2 is 1.88 bits per heavy atom. The average molecular weight is 424 g/mol. The van der Waals surface area contributed by atoms with E-state index in [1.165, 1.54) is 12.3 Å². The van der Waals surface area contributed by atoms with Gasteiger partial charge in [-0.15, -0.1) is 0 Å². The number of imidazole rings is 1. The molecule has 4 aromatic heterocycles. The molecule has 156 valence electrons. The van der Waals surface area contributed by atoms with Crippen molar-refractivity contribution in [2.45, 2.75) is 6.92 Å². The van der Waals surface area contributed by atoms with Crippen LogP contribution in [0.5, 0.6) is 0 Å². The first kappa shape index (κ1) is 19.5. The summed E-state index contributed by atoms with van der Waals surface area (Å²) in [4.78, 5) is 25.5. The summed E-state index contributed by atoms with van der Waals surface area (Å²) in [7, 11) is 0. The lowest BCUT2D eigenvalue weighted by atomic mass is 10.0. The molecule has 0 aliphatic heterocycles. The van der Waals surface area contributed by atoms with Gasteiger partial charge < -0.3 is 5.32 Å². The van der Waals surface area contributed by atoms with Gasteiger partial charge in [0.05, 0.1) is 11.3 Å².